The average molecular weight is 970 g/mol. The number of nitrogens with zero attached hydrogens (tertiary/aromatic N) is 3. The molecule has 0 saturated carbocycles. The lowest BCUT2D eigenvalue weighted by molar-refractivity contribution is -0.138. The first kappa shape index (κ1) is 60.8. The molecule has 2 rings (SSSR count). The van der Waals surface area contributed by atoms with E-state index in [1.807, 2.05) is 0 Å². The van der Waals surface area contributed by atoms with E-state index < -0.39 is 0 Å². The summed E-state index contributed by atoms with van der Waals surface area (Å²) in [5, 5.41) is 0. The van der Waals surface area contributed by atoms with Gasteiger partial charge in [-0.05, 0) is 6.54 Å². The summed E-state index contributed by atoms with van der Waals surface area (Å²) in [5.74, 6) is -0.676. The van der Waals surface area contributed by atoms with Gasteiger partial charge in [0.15, 0.2) is 0 Å². The van der Waals surface area contributed by atoms with Gasteiger partial charge in [-0.2, -0.15) is 0 Å². The largest absolute Gasteiger partial charge is 0.379 e. The maximum absolute atomic E-state index is 13.1. The predicted octanol–water partition coefficient (Wildman–Crippen LogP) is -0.269. The van der Waals surface area contributed by atoms with Crippen molar-refractivity contribution in [2.75, 3.05) is 251 Å². The summed E-state index contributed by atoms with van der Waals surface area (Å²) in [6.07, 6.45) is 2.73. The van der Waals surface area contributed by atoms with Crippen LogP contribution in [0, 0.1) is 0 Å². The zero-order valence-corrected chi connectivity index (χ0v) is 40.3. The monoisotopic (exact) mass is 970 g/mol. The number of imide groups is 1. The van der Waals surface area contributed by atoms with Crippen molar-refractivity contribution in [2.45, 2.75) is 13.3 Å². The third-order valence-electron chi connectivity index (χ3n) is 9.57. The van der Waals surface area contributed by atoms with Gasteiger partial charge in [-0.1, -0.05) is 6.92 Å². The highest BCUT2D eigenvalue weighted by atomic mass is 16.6. The molecule has 22 nitrogen and oxygen atoms in total. The normalized spacial score (nSPS) is 18.7. The molecule has 392 valence electrons. The summed E-state index contributed by atoms with van der Waals surface area (Å²) in [6, 6.07) is 0. The predicted molar refractivity (Wildman–Crippen MR) is 242 cm³/mol. The number of carbonyl (C=O) groups excluding carboxylic acids is 3. The fraction of sp³-hybridized carbons (Fsp3) is 0.889. The number of amides is 3. The molecule has 0 unspecified atom stereocenters. The van der Waals surface area contributed by atoms with Gasteiger partial charge in [-0.3, -0.25) is 24.2 Å². The lowest BCUT2D eigenvalue weighted by Crippen LogP contribution is -2.37. The van der Waals surface area contributed by atoms with E-state index in [-0.39, 0.29) is 43.9 Å². The third kappa shape index (κ3) is 38.1. The summed E-state index contributed by atoms with van der Waals surface area (Å²) in [4.78, 5) is 41.1. The van der Waals surface area contributed by atoms with Crippen LogP contribution in [-0.4, -0.2) is 283 Å². The molecule has 1 saturated heterocycles. The van der Waals surface area contributed by atoms with Crippen LogP contribution in [0.1, 0.15) is 13.3 Å². The molecule has 2 heterocycles. The van der Waals surface area contributed by atoms with Crippen LogP contribution in [0.2, 0.25) is 0 Å². The van der Waals surface area contributed by atoms with Crippen LogP contribution < -0.4 is 0 Å². The van der Waals surface area contributed by atoms with Crippen LogP contribution in [0.4, 0.5) is 0 Å². The maximum atomic E-state index is 13.1. The average Bonchev–Trinajstić information content (AvgIpc) is 3.65. The first-order valence-electron chi connectivity index (χ1n) is 23.9. The van der Waals surface area contributed by atoms with E-state index in [1.165, 1.54) is 12.2 Å². The maximum Gasteiger partial charge on any atom is 0.253 e. The Hall–Kier alpha value is -2.33. The van der Waals surface area contributed by atoms with E-state index >= 15 is 0 Å². The Labute approximate surface area is 398 Å². The zero-order valence-electron chi connectivity index (χ0n) is 40.3. The summed E-state index contributed by atoms with van der Waals surface area (Å²) >= 11 is 0. The molecule has 0 bridgehead atoms. The van der Waals surface area contributed by atoms with E-state index in [2.05, 4.69) is 11.8 Å². The molecule has 1 fully saturated rings. The Bertz CT molecular complexity index is 1130. The minimum Gasteiger partial charge on any atom is -0.379 e. The Morgan fingerprint density at radius 1 is 0.403 bits per heavy atom. The van der Waals surface area contributed by atoms with Gasteiger partial charge in [-0.15, -0.1) is 0 Å². The summed E-state index contributed by atoms with van der Waals surface area (Å²) in [6.45, 7) is 19.9. The van der Waals surface area contributed by atoms with E-state index in [9.17, 15) is 14.4 Å². The van der Waals surface area contributed by atoms with E-state index in [4.69, 9.17) is 75.8 Å². The smallest absolute Gasteiger partial charge is 0.253 e. The number of hydrogen-bond acceptors (Lipinski definition) is 20. The van der Waals surface area contributed by atoms with Crippen molar-refractivity contribution in [3.8, 4) is 0 Å². The van der Waals surface area contributed by atoms with Crippen molar-refractivity contribution in [3.63, 3.8) is 0 Å². The molecule has 0 N–H and O–H groups in total. The third-order valence-corrected chi connectivity index (χ3v) is 9.57. The number of ether oxygens (including phenoxy) is 16. The van der Waals surface area contributed by atoms with Gasteiger partial charge in [0.1, 0.15) is 0 Å². The summed E-state index contributed by atoms with van der Waals surface area (Å²) < 4.78 is 89.4. The number of hydrogen-bond donors (Lipinski definition) is 0. The lowest BCUT2D eigenvalue weighted by Gasteiger charge is -2.23. The van der Waals surface area contributed by atoms with Gasteiger partial charge in [0.2, 0.25) is 5.91 Å². The molecule has 0 aromatic rings. The molecule has 22 heteroatoms. The Kier molecular flexibility index (Phi) is 43.0. The van der Waals surface area contributed by atoms with E-state index in [0.29, 0.717) is 211 Å². The lowest BCUT2D eigenvalue weighted by atomic mass is 10.3. The topological polar surface area (TPSA) is 209 Å². The van der Waals surface area contributed by atoms with Crippen molar-refractivity contribution in [3.05, 3.63) is 12.2 Å². The highest BCUT2D eigenvalue weighted by Crippen LogP contribution is 2.03. The van der Waals surface area contributed by atoms with Gasteiger partial charge in [0, 0.05) is 38.3 Å². The second kappa shape index (κ2) is 47.4. The number of rotatable bonds is 28. The Morgan fingerprint density at radius 3 is 0.985 bits per heavy atom. The van der Waals surface area contributed by atoms with Crippen LogP contribution in [0.5, 0.6) is 0 Å². The number of likely N-dealkylation sites (N-methyl/N-ethyl adjacent to an activating group) is 1. The van der Waals surface area contributed by atoms with Gasteiger partial charge in [0.25, 0.3) is 11.8 Å². The first-order valence-corrected chi connectivity index (χ1v) is 23.9. The molecule has 0 aromatic heterocycles. The highest BCUT2D eigenvalue weighted by molar-refractivity contribution is 6.12. The van der Waals surface area contributed by atoms with Gasteiger partial charge < -0.3 is 80.7 Å². The second-order valence-corrected chi connectivity index (χ2v) is 14.5. The molecular weight excluding hydrogens is 886 g/mol. The van der Waals surface area contributed by atoms with E-state index in [0.717, 1.165) is 24.5 Å². The molecule has 0 spiro atoms. The van der Waals surface area contributed by atoms with Crippen LogP contribution in [0.15, 0.2) is 12.2 Å². The first-order chi connectivity index (χ1) is 33.1. The van der Waals surface area contributed by atoms with Crippen molar-refractivity contribution in [2.24, 2.45) is 0 Å². The Morgan fingerprint density at radius 2 is 0.672 bits per heavy atom. The van der Waals surface area contributed by atoms with E-state index in [1.54, 1.807) is 4.90 Å². The van der Waals surface area contributed by atoms with Crippen LogP contribution >= 0.6 is 0 Å². The molecule has 0 atom stereocenters. The van der Waals surface area contributed by atoms with Crippen molar-refractivity contribution >= 4 is 17.7 Å². The molecule has 0 radical (unpaired) electrons. The number of carbonyl (C=O) groups is 3. The fourth-order valence-corrected chi connectivity index (χ4v) is 5.82. The second-order valence-electron chi connectivity index (χ2n) is 14.5. The molecule has 3 amide bonds. The van der Waals surface area contributed by atoms with Crippen LogP contribution in [0.25, 0.3) is 0 Å². The fourth-order valence-electron chi connectivity index (χ4n) is 5.82. The molecule has 2 aliphatic rings. The summed E-state index contributed by atoms with van der Waals surface area (Å²) in [7, 11) is 0. The minimum atomic E-state index is -0.315. The molecule has 2 aliphatic heterocycles. The zero-order chi connectivity index (χ0) is 47.8. The van der Waals surface area contributed by atoms with Crippen molar-refractivity contribution in [1.82, 2.24) is 14.7 Å². The minimum absolute atomic E-state index is 0.0460. The quantitative estimate of drug-likeness (QED) is 0.0731. The van der Waals surface area contributed by atoms with Crippen LogP contribution in [-0.2, 0) is 90.2 Å². The Balaban J connectivity index is 1.40. The standard InChI is InChI=1S/C45H83N3O19/c1-2-46-6-12-53-18-24-59-30-32-61-26-20-55-14-8-47(9-15-56-21-27-62-33-31-60-25-19-54-13-7-46)43(49)5-11-52-17-23-58-29-35-64-37-39-66-41-42-67-40-38-65-36-34-63-28-22-57-16-10-48-44(50)3-4-45(48)51/h3-4H,2,5-42H2,1H3. The summed E-state index contributed by atoms with van der Waals surface area (Å²) in [5.41, 5.74) is 0. The van der Waals surface area contributed by atoms with Gasteiger partial charge in [0.05, 0.1) is 224 Å². The highest BCUT2D eigenvalue weighted by Gasteiger charge is 2.22. The molecular formula is C45H83N3O19. The van der Waals surface area contributed by atoms with Crippen LogP contribution in [0.3, 0.4) is 0 Å². The van der Waals surface area contributed by atoms with Crippen molar-refractivity contribution < 1.29 is 90.2 Å². The van der Waals surface area contributed by atoms with Gasteiger partial charge >= 0.3 is 0 Å². The molecule has 0 aromatic carbocycles. The molecule has 67 heavy (non-hydrogen) atoms. The SMILES string of the molecule is CCN1CCOCCOCCOCCOCCN(C(=O)CCOCCOCCOCCOCCOCCOCCOCCOCCN2C(=O)C=CC2=O)CCOCCOCCOCCOCC1. The molecule has 0 aliphatic carbocycles. The van der Waals surface area contributed by atoms with Gasteiger partial charge in [-0.25, -0.2) is 0 Å². The van der Waals surface area contributed by atoms with Crippen molar-refractivity contribution in [1.29, 1.82) is 0 Å².